The molecule has 0 radical (unpaired) electrons. The summed E-state index contributed by atoms with van der Waals surface area (Å²) in [5, 5.41) is 0.0320. The van der Waals surface area contributed by atoms with Gasteiger partial charge in [-0.3, -0.25) is 4.90 Å². The van der Waals surface area contributed by atoms with Gasteiger partial charge >= 0.3 is 0 Å². The maximum absolute atomic E-state index is 6.63. The Morgan fingerprint density at radius 2 is 1.90 bits per heavy atom. The maximum atomic E-state index is 6.63. The molecule has 0 N–H and O–H groups in total. The summed E-state index contributed by atoms with van der Waals surface area (Å²) >= 11 is 6.63. The second-order valence-corrected chi connectivity index (χ2v) is 6.33. The molecule has 0 bridgehead atoms. The molecule has 0 aliphatic carbocycles. The molecule has 1 aliphatic rings. The van der Waals surface area contributed by atoms with Gasteiger partial charge in [-0.2, -0.15) is 0 Å². The van der Waals surface area contributed by atoms with Gasteiger partial charge in [-0.15, -0.1) is 11.6 Å². The highest BCUT2D eigenvalue weighted by Gasteiger charge is 2.19. The van der Waals surface area contributed by atoms with Gasteiger partial charge in [-0.25, -0.2) is 4.98 Å². The third-order valence-corrected chi connectivity index (χ3v) is 4.83. The van der Waals surface area contributed by atoms with Crippen LogP contribution in [-0.4, -0.2) is 58.6 Å². The molecule has 1 aromatic heterocycles. The van der Waals surface area contributed by atoms with Gasteiger partial charge in [0.25, 0.3) is 0 Å². The normalized spacial score (nSPS) is 19.2. The number of alkyl halides is 1. The number of hydrogen-bond acceptors (Lipinski definition) is 3. The monoisotopic (exact) mass is 306 g/mol. The lowest BCUT2D eigenvalue weighted by Gasteiger charge is -2.35. The molecule has 0 spiro atoms. The van der Waals surface area contributed by atoms with E-state index in [4.69, 9.17) is 11.6 Å². The number of aryl methyl sites for hydroxylation is 1. The average Bonchev–Trinajstić information content (AvgIpc) is 2.89. The van der Waals surface area contributed by atoms with Gasteiger partial charge in [0.15, 0.2) is 0 Å². The van der Waals surface area contributed by atoms with E-state index in [2.05, 4.69) is 39.9 Å². The van der Waals surface area contributed by atoms with Crippen LogP contribution in [0.4, 0.5) is 0 Å². The van der Waals surface area contributed by atoms with Crippen LogP contribution in [0, 0.1) is 0 Å². The van der Waals surface area contributed by atoms with Crippen LogP contribution in [0.3, 0.4) is 0 Å². The molecule has 1 saturated heterocycles. The highest BCUT2D eigenvalue weighted by molar-refractivity contribution is 6.21. The fourth-order valence-corrected chi connectivity index (χ4v) is 3.30. The maximum Gasteiger partial charge on any atom is 0.0955 e. The van der Waals surface area contributed by atoms with Crippen molar-refractivity contribution >= 4 is 22.6 Å². The van der Waals surface area contributed by atoms with Crippen molar-refractivity contribution in [3.8, 4) is 0 Å². The second-order valence-electron chi connectivity index (χ2n) is 5.81. The standard InChI is InChI=1S/C16H23ClN4/c1-3-20-6-8-21(9-7-20)11-14(17)13-4-5-16-15(10-13)18-12-19(16)2/h4-5,10,12,14H,3,6-9,11H2,1-2H3. The van der Waals surface area contributed by atoms with E-state index in [1.165, 1.54) is 5.56 Å². The summed E-state index contributed by atoms with van der Waals surface area (Å²) in [6.45, 7) is 8.82. The summed E-state index contributed by atoms with van der Waals surface area (Å²) < 4.78 is 2.03. The number of likely N-dealkylation sites (N-methyl/N-ethyl adjacent to an activating group) is 1. The predicted molar refractivity (Wildman–Crippen MR) is 87.9 cm³/mol. The largest absolute Gasteiger partial charge is 0.334 e. The number of imidazole rings is 1. The third-order valence-electron chi connectivity index (χ3n) is 4.44. The number of hydrogen-bond donors (Lipinski definition) is 0. The van der Waals surface area contributed by atoms with Crippen LogP contribution >= 0.6 is 11.6 Å². The molecule has 114 valence electrons. The van der Waals surface area contributed by atoms with E-state index in [1.54, 1.807) is 0 Å². The number of halogens is 1. The van der Waals surface area contributed by atoms with Crippen molar-refractivity contribution in [1.82, 2.24) is 19.4 Å². The summed E-state index contributed by atoms with van der Waals surface area (Å²) in [7, 11) is 2.01. The molecular weight excluding hydrogens is 284 g/mol. The highest BCUT2D eigenvalue weighted by atomic mass is 35.5. The first kappa shape index (κ1) is 14.8. The van der Waals surface area contributed by atoms with Gasteiger partial charge in [0.2, 0.25) is 0 Å². The van der Waals surface area contributed by atoms with Gasteiger partial charge in [-0.1, -0.05) is 13.0 Å². The predicted octanol–water partition coefficient (Wildman–Crippen LogP) is 2.49. The Labute approximate surface area is 131 Å². The second kappa shape index (κ2) is 6.34. The van der Waals surface area contributed by atoms with Gasteiger partial charge < -0.3 is 9.47 Å². The lowest BCUT2D eigenvalue weighted by molar-refractivity contribution is 0.137. The molecular formula is C16H23ClN4. The quantitative estimate of drug-likeness (QED) is 0.811. The summed E-state index contributed by atoms with van der Waals surface area (Å²) in [5.41, 5.74) is 3.34. The zero-order valence-corrected chi connectivity index (χ0v) is 13.6. The molecule has 5 heteroatoms. The van der Waals surface area contributed by atoms with Crippen LogP contribution in [-0.2, 0) is 7.05 Å². The van der Waals surface area contributed by atoms with Crippen molar-refractivity contribution in [3.05, 3.63) is 30.1 Å². The van der Waals surface area contributed by atoms with E-state index >= 15 is 0 Å². The first-order valence-corrected chi connectivity index (χ1v) is 8.10. The lowest BCUT2D eigenvalue weighted by atomic mass is 10.1. The van der Waals surface area contributed by atoms with Crippen molar-refractivity contribution in [2.45, 2.75) is 12.3 Å². The average molecular weight is 307 g/mol. The Hall–Kier alpha value is -1.10. The van der Waals surface area contributed by atoms with E-state index in [1.807, 2.05) is 17.9 Å². The topological polar surface area (TPSA) is 24.3 Å². The Bertz CT molecular complexity index is 601. The number of nitrogens with zero attached hydrogens (tertiary/aromatic N) is 4. The molecule has 21 heavy (non-hydrogen) atoms. The summed E-state index contributed by atoms with van der Waals surface area (Å²) in [5.74, 6) is 0. The highest BCUT2D eigenvalue weighted by Crippen LogP contribution is 2.25. The van der Waals surface area contributed by atoms with Crippen molar-refractivity contribution in [3.63, 3.8) is 0 Å². The SMILES string of the molecule is CCN1CCN(CC(Cl)c2ccc3c(c2)ncn3C)CC1. The van der Waals surface area contributed by atoms with E-state index in [-0.39, 0.29) is 5.38 Å². The van der Waals surface area contributed by atoms with Crippen LogP contribution in [0.1, 0.15) is 17.9 Å². The molecule has 1 fully saturated rings. The lowest BCUT2D eigenvalue weighted by Crippen LogP contribution is -2.46. The zero-order valence-electron chi connectivity index (χ0n) is 12.8. The molecule has 0 saturated carbocycles. The minimum atomic E-state index is 0.0320. The molecule has 4 nitrogen and oxygen atoms in total. The van der Waals surface area contributed by atoms with E-state index in [9.17, 15) is 0 Å². The van der Waals surface area contributed by atoms with Crippen LogP contribution in [0.25, 0.3) is 11.0 Å². The fraction of sp³-hybridized carbons (Fsp3) is 0.562. The van der Waals surface area contributed by atoms with Crippen LogP contribution in [0.5, 0.6) is 0 Å². The van der Waals surface area contributed by atoms with Crippen molar-refractivity contribution < 1.29 is 0 Å². The molecule has 1 atom stereocenters. The molecule has 1 unspecified atom stereocenters. The van der Waals surface area contributed by atoms with Gasteiger partial charge in [0, 0.05) is 39.8 Å². The third kappa shape index (κ3) is 3.23. The summed E-state index contributed by atoms with van der Waals surface area (Å²) in [6, 6.07) is 6.36. The van der Waals surface area contributed by atoms with Crippen molar-refractivity contribution in [2.75, 3.05) is 39.3 Å². The van der Waals surface area contributed by atoms with Gasteiger partial charge in [0.1, 0.15) is 0 Å². The van der Waals surface area contributed by atoms with E-state index in [0.29, 0.717) is 0 Å². The number of fused-ring (bicyclic) bond motifs is 1. The molecule has 2 heterocycles. The number of benzene rings is 1. The Balaban J connectivity index is 1.65. The van der Waals surface area contributed by atoms with Crippen LogP contribution in [0.15, 0.2) is 24.5 Å². The van der Waals surface area contributed by atoms with Crippen LogP contribution < -0.4 is 0 Å². The van der Waals surface area contributed by atoms with E-state index < -0.39 is 0 Å². The van der Waals surface area contributed by atoms with Gasteiger partial charge in [-0.05, 0) is 24.2 Å². The zero-order chi connectivity index (χ0) is 14.8. The summed E-state index contributed by atoms with van der Waals surface area (Å²) in [4.78, 5) is 9.36. The number of piperazine rings is 1. The number of aromatic nitrogens is 2. The summed E-state index contributed by atoms with van der Waals surface area (Å²) in [6.07, 6.45) is 1.85. The Kier molecular flexibility index (Phi) is 4.48. The first-order chi connectivity index (χ1) is 10.2. The van der Waals surface area contributed by atoms with Crippen molar-refractivity contribution in [1.29, 1.82) is 0 Å². The smallest absolute Gasteiger partial charge is 0.0955 e. The van der Waals surface area contributed by atoms with Gasteiger partial charge in [0.05, 0.1) is 22.7 Å². The first-order valence-electron chi connectivity index (χ1n) is 7.67. The minimum absolute atomic E-state index is 0.0320. The number of rotatable bonds is 4. The molecule has 3 rings (SSSR count). The molecule has 1 aliphatic heterocycles. The minimum Gasteiger partial charge on any atom is -0.334 e. The molecule has 0 amide bonds. The fourth-order valence-electron chi connectivity index (χ4n) is 2.97. The Morgan fingerprint density at radius 3 is 2.62 bits per heavy atom. The molecule has 2 aromatic rings. The van der Waals surface area contributed by atoms with Crippen LogP contribution in [0.2, 0.25) is 0 Å². The molecule has 1 aromatic carbocycles. The van der Waals surface area contributed by atoms with Crippen molar-refractivity contribution in [2.24, 2.45) is 7.05 Å². The van der Waals surface area contributed by atoms with E-state index in [0.717, 1.165) is 50.3 Å². The Morgan fingerprint density at radius 1 is 1.19 bits per heavy atom.